The van der Waals surface area contributed by atoms with Crippen LogP contribution >= 0.6 is 0 Å². The maximum atomic E-state index is 9.54. The van der Waals surface area contributed by atoms with E-state index in [2.05, 4.69) is 57.4 Å². The maximum Gasteiger partial charge on any atom is 0.135 e. The lowest BCUT2D eigenvalue weighted by Gasteiger charge is -2.41. The van der Waals surface area contributed by atoms with E-state index in [1.54, 1.807) is 0 Å². The van der Waals surface area contributed by atoms with Gasteiger partial charge in [0.2, 0.25) is 0 Å². The van der Waals surface area contributed by atoms with Crippen LogP contribution in [0.4, 0.5) is 0 Å². The molecule has 4 rings (SSSR count). The number of aliphatic hydroxyl groups excluding tert-OH is 1. The van der Waals surface area contributed by atoms with Crippen LogP contribution in [0, 0.1) is 6.92 Å². The number of benzene rings is 2. The van der Waals surface area contributed by atoms with Crippen molar-refractivity contribution in [3.63, 3.8) is 0 Å². The van der Waals surface area contributed by atoms with Crippen LogP contribution in [-0.2, 0) is 13.1 Å². The Morgan fingerprint density at radius 2 is 1.78 bits per heavy atom. The Kier molecular flexibility index (Phi) is 5.48. The number of fused-ring (bicyclic) bond motifs is 1. The highest BCUT2D eigenvalue weighted by atomic mass is 16.6. The molecule has 1 unspecified atom stereocenters. The van der Waals surface area contributed by atoms with Crippen molar-refractivity contribution < 1.29 is 9.74 Å². The number of nitrogens with zero attached hydrogens (tertiary/aromatic N) is 4. The summed E-state index contributed by atoms with van der Waals surface area (Å²) in [6, 6.07) is 15.2. The van der Waals surface area contributed by atoms with Crippen LogP contribution in [-0.4, -0.2) is 57.5 Å². The Labute approximate surface area is 159 Å². The zero-order valence-electron chi connectivity index (χ0n) is 15.7. The van der Waals surface area contributed by atoms with Gasteiger partial charge in [0.25, 0.3) is 0 Å². The molecule has 142 valence electrons. The summed E-state index contributed by atoms with van der Waals surface area (Å²) >= 11 is 0. The SMILES string of the molecule is Cc1ccc(CN2CCN(Cc3ccc4nonc4c3)CC2CCO)cc1. The lowest BCUT2D eigenvalue weighted by Crippen LogP contribution is -2.52. The highest BCUT2D eigenvalue weighted by molar-refractivity contribution is 5.73. The molecule has 0 aliphatic carbocycles. The van der Waals surface area contributed by atoms with Crippen molar-refractivity contribution in [2.24, 2.45) is 0 Å². The molecule has 6 nitrogen and oxygen atoms in total. The van der Waals surface area contributed by atoms with E-state index < -0.39 is 0 Å². The molecule has 3 aromatic rings. The van der Waals surface area contributed by atoms with Gasteiger partial charge in [-0.1, -0.05) is 35.9 Å². The van der Waals surface area contributed by atoms with Gasteiger partial charge in [-0.25, -0.2) is 4.63 Å². The largest absolute Gasteiger partial charge is 0.396 e. The lowest BCUT2D eigenvalue weighted by molar-refractivity contribution is 0.0500. The van der Waals surface area contributed by atoms with Crippen molar-refractivity contribution in [1.29, 1.82) is 0 Å². The minimum absolute atomic E-state index is 0.222. The van der Waals surface area contributed by atoms with Gasteiger partial charge in [-0.2, -0.15) is 0 Å². The molecule has 1 atom stereocenters. The fourth-order valence-electron chi connectivity index (χ4n) is 3.84. The summed E-state index contributed by atoms with van der Waals surface area (Å²) in [6.45, 7) is 7.14. The number of aliphatic hydroxyl groups is 1. The van der Waals surface area contributed by atoms with Crippen LogP contribution in [0.15, 0.2) is 47.1 Å². The summed E-state index contributed by atoms with van der Waals surface area (Å²) in [4.78, 5) is 4.96. The molecule has 1 fully saturated rings. The van der Waals surface area contributed by atoms with Crippen LogP contribution in [0.1, 0.15) is 23.1 Å². The van der Waals surface area contributed by atoms with Gasteiger partial charge in [-0.15, -0.1) is 0 Å². The summed E-state index contributed by atoms with van der Waals surface area (Å²) < 4.78 is 4.79. The molecule has 0 spiro atoms. The molecule has 1 N–H and O–H groups in total. The molecule has 1 saturated heterocycles. The number of hydrogen-bond donors (Lipinski definition) is 1. The van der Waals surface area contributed by atoms with Crippen molar-refractivity contribution in [3.8, 4) is 0 Å². The molecule has 1 aliphatic heterocycles. The minimum Gasteiger partial charge on any atom is -0.396 e. The highest BCUT2D eigenvalue weighted by Gasteiger charge is 2.26. The standard InChI is InChI=1S/C21H26N4O2/c1-16-2-4-17(5-3-16)14-25-10-9-24(15-19(25)8-11-26)13-18-6-7-20-21(12-18)23-27-22-20/h2-7,12,19,26H,8-11,13-15H2,1H3. The van der Waals surface area contributed by atoms with Crippen LogP contribution < -0.4 is 0 Å². The molecule has 27 heavy (non-hydrogen) atoms. The summed E-state index contributed by atoms with van der Waals surface area (Å²) in [7, 11) is 0. The van der Waals surface area contributed by atoms with Crippen molar-refractivity contribution in [1.82, 2.24) is 20.1 Å². The second kappa shape index (κ2) is 8.17. The Hall–Kier alpha value is -2.28. The van der Waals surface area contributed by atoms with Gasteiger partial charge in [0.15, 0.2) is 0 Å². The van der Waals surface area contributed by atoms with Gasteiger partial charge < -0.3 is 5.11 Å². The number of hydrogen-bond acceptors (Lipinski definition) is 6. The number of aryl methyl sites for hydroxylation is 1. The Morgan fingerprint density at radius 3 is 2.59 bits per heavy atom. The Bertz CT molecular complexity index is 877. The van der Waals surface area contributed by atoms with Crippen LogP contribution in [0.5, 0.6) is 0 Å². The molecule has 6 heteroatoms. The average Bonchev–Trinajstić information content (AvgIpc) is 3.14. The molecule has 1 aromatic heterocycles. The Morgan fingerprint density at radius 1 is 1.00 bits per heavy atom. The fraction of sp³-hybridized carbons (Fsp3) is 0.429. The number of rotatable bonds is 6. The molecule has 2 aromatic carbocycles. The number of piperazine rings is 1. The first kappa shape index (κ1) is 18.1. The molecule has 0 radical (unpaired) electrons. The van der Waals surface area contributed by atoms with E-state index in [0.717, 1.165) is 50.2 Å². The van der Waals surface area contributed by atoms with E-state index in [9.17, 15) is 5.11 Å². The third-order valence-electron chi connectivity index (χ3n) is 5.38. The second-order valence-corrected chi connectivity index (χ2v) is 7.44. The fourth-order valence-corrected chi connectivity index (χ4v) is 3.84. The first-order valence-electron chi connectivity index (χ1n) is 9.55. The lowest BCUT2D eigenvalue weighted by atomic mass is 10.1. The molecule has 1 aliphatic rings. The van der Waals surface area contributed by atoms with Gasteiger partial charge in [0.1, 0.15) is 11.0 Å². The second-order valence-electron chi connectivity index (χ2n) is 7.44. The monoisotopic (exact) mass is 366 g/mol. The third-order valence-corrected chi connectivity index (χ3v) is 5.38. The molecule has 0 amide bonds. The van der Waals surface area contributed by atoms with Crippen LogP contribution in [0.2, 0.25) is 0 Å². The van der Waals surface area contributed by atoms with Gasteiger partial charge in [-0.3, -0.25) is 9.80 Å². The Balaban J connectivity index is 1.41. The molecule has 0 bridgehead atoms. The zero-order chi connectivity index (χ0) is 18.6. The first-order valence-corrected chi connectivity index (χ1v) is 9.55. The summed E-state index contributed by atoms with van der Waals surface area (Å²) in [5.74, 6) is 0. The third kappa shape index (κ3) is 4.35. The molecule has 2 heterocycles. The minimum atomic E-state index is 0.222. The topological polar surface area (TPSA) is 65.6 Å². The van der Waals surface area contributed by atoms with Crippen molar-refractivity contribution >= 4 is 11.0 Å². The molecule has 0 saturated carbocycles. The number of aromatic nitrogens is 2. The highest BCUT2D eigenvalue weighted by Crippen LogP contribution is 2.20. The van der Waals surface area contributed by atoms with E-state index in [4.69, 9.17) is 4.63 Å². The van der Waals surface area contributed by atoms with E-state index >= 15 is 0 Å². The summed E-state index contributed by atoms with van der Waals surface area (Å²) in [6.07, 6.45) is 0.800. The van der Waals surface area contributed by atoms with E-state index in [1.807, 2.05) is 12.1 Å². The van der Waals surface area contributed by atoms with Crippen molar-refractivity contribution in [2.75, 3.05) is 26.2 Å². The predicted octanol–water partition coefficient (Wildman–Crippen LogP) is 2.60. The molecular formula is C21H26N4O2. The van der Waals surface area contributed by atoms with Crippen LogP contribution in [0.3, 0.4) is 0 Å². The van der Waals surface area contributed by atoms with E-state index in [1.165, 1.54) is 16.7 Å². The normalized spacial score (nSPS) is 19.0. The van der Waals surface area contributed by atoms with Gasteiger partial charge >= 0.3 is 0 Å². The van der Waals surface area contributed by atoms with Crippen LogP contribution in [0.25, 0.3) is 11.0 Å². The predicted molar refractivity (Wildman–Crippen MR) is 104 cm³/mol. The molecular weight excluding hydrogens is 340 g/mol. The van der Waals surface area contributed by atoms with E-state index in [-0.39, 0.29) is 6.61 Å². The smallest absolute Gasteiger partial charge is 0.135 e. The van der Waals surface area contributed by atoms with Crippen molar-refractivity contribution in [2.45, 2.75) is 32.5 Å². The quantitative estimate of drug-likeness (QED) is 0.723. The summed E-state index contributed by atoms with van der Waals surface area (Å²) in [5, 5.41) is 17.3. The maximum absolute atomic E-state index is 9.54. The van der Waals surface area contributed by atoms with Crippen molar-refractivity contribution in [3.05, 3.63) is 59.2 Å². The van der Waals surface area contributed by atoms with Gasteiger partial charge in [-0.05, 0) is 46.9 Å². The van der Waals surface area contributed by atoms with Gasteiger partial charge in [0.05, 0.1) is 0 Å². The van der Waals surface area contributed by atoms with Gasteiger partial charge in [0, 0.05) is 45.4 Å². The summed E-state index contributed by atoms with van der Waals surface area (Å²) in [5.41, 5.74) is 5.43. The zero-order valence-corrected chi connectivity index (χ0v) is 15.7. The van der Waals surface area contributed by atoms with E-state index in [0.29, 0.717) is 6.04 Å². The average molecular weight is 366 g/mol. The first-order chi connectivity index (χ1) is 13.2.